The standard InChI is InChI=1S/C32H26ClN3O3/c1-2-25-27-28(30(38)36(29(27)37)22-13-8-12-21(33)17-22)32(34-25)24-15-5-6-16-26(24)35(31(32)39)18-20-11-7-10-19-9-3-4-14-23(19)20/h3-17,25,27-28,34H,2,18H2,1H3. The normalized spacial score (nSPS) is 25.7. The number of imide groups is 1. The van der Waals surface area contributed by atoms with Gasteiger partial charge in [-0.05, 0) is 47.0 Å². The minimum absolute atomic E-state index is 0.198. The van der Waals surface area contributed by atoms with E-state index in [0.29, 0.717) is 23.7 Å². The molecule has 4 atom stereocenters. The van der Waals surface area contributed by atoms with Gasteiger partial charge in [0.05, 0.1) is 24.1 Å². The van der Waals surface area contributed by atoms with Crippen molar-refractivity contribution in [3.63, 3.8) is 0 Å². The lowest BCUT2D eigenvalue weighted by atomic mass is 9.76. The lowest BCUT2D eigenvalue weighted by Gasteiger charge is -2.30. The van der Waals surface area contributed by atoms with Crippen molar-refractivity contribution >= 4 is 51.5 Å². The Bertz CT molecular complexity index is 1680. The van der Waals surface area contributed by atoms with Crippen LogP contribution in [-0.4, -0.2) is 23.8 Å². The summed E-state index contributed by atoms with van der Waals surface area (Å²) in [5.74, 6) is -2.38. The first-order valence-corrected chi connectivity index (χ1v) is 13.6. The van der Waals surface area contributed by atoms with Crippen molar-refractivity contribution in [2.75, 3.05) is 9.80 Å². The quantitative estimate of drug-likeness (QED) is 0.354. The summed E-state index contributed by atoms with van der Waals surface area (Å²) in [4.78, 5) is 45.7. The topological polar surface area (TPSA) is 69.7 Å². The van der Waals surface area contributed by atoms with Crippen molar-refractivity contribution in [1.82, 2.24) is 5.32 Å². The molecule has 3 amide bonds. The van der Waals surface area contributed by atoms with Gasteiger partial charge in [0, 0.05) is 22.3 Å². The molecule has 2 fully saturated rings. The molecule has 0 aliphatic carbocycles. The second kappa shape index (κ2) is 8.76. The minimum atomic E-state index is -1.33. The molecule has 3 aliphatic rings. The van der Waals surface area contributed by atoms with E-state index in [1.165, 1.54) is 4.90 Å². The van der Waals surface area contributed by atoms with Crippen LogP contribution in [-0.2, 0) is 26.5 Å². The number of fused-ring (bicyclic) bond motifs is 5. The SMILES string of the molecule is CCC1NC2(C(=O)N(Cc3cccc4ccccc34)c3ccccc32)C2C(=O)N(c3cccc(Cl)c3)C(=O)C12. The summed E-state index contributed by atoms with van der Waals surface area (Å²) in [5.41, 5.74) is 1.63. The Morgan fingerprint density at radius 2 is 1.62 bits per heavy atom. The van der Waals surface area contributed by atoms with Crippen molar-refractivity contribution in [3.05, 3.63) is 107 Å². The average Bonchev–Trinajstić information content (AvgIpc) is 3.52. The first kappa shape index (κ1) is 24.1. The highest BCUT2D eigenvalue weighted by Crippen LogP contribution is 2.55. The van der Waals surface area contributed by atoms with Crippen molar-refractivity contribution < 1.29 is 14.4 Å². The van der Waals surface area contributed by atoms with Crippen LogP contribution in [0.3, 0.4) is 0 Å². The van der Waals surface area contributed by atoms with Crippen molar-refractivity contribution in [1.29, 1.82) is 0 Å². The summed E-state index contributed by atoms with van der Waals surface area (Å²) < 4.78 is 0. The number of anilines is 2. The molecular weight excluding hydrogens is 510 g/mol. The number of nitrogens with zero attached hydrogens (tertiary/aromatic N) is 2. The van der Waals surface area contributed by atoms with E-state index in [0.717, 1.165) is 27.6 Å². The van der Waals surface area contributed by atoms with Crippen LogP contribution >= 0.6 is 11.6 Å². The molecule has 39 heavy (non-hydrogen) atoms. The molecule has 0 saturated carbocycles. The van der Waals surface area contributed by atoms with Gasteiger partial charge in [-0.2, -0.15) is 0 Å². The van der Waals surface area contributed by atoms with E-state index < -0.39 is 17.4 Å². The molecule has 3 heterocycles. The van der Waals surface area contributed by atoms with Crippen LogP contribution in [0.5, 0.6) is 0 Å². The number of carbonyl (C=O) groups is 3. The maximum absolute atomic E-state index is 14.6. The van der Waals surface area contributed by atoms with Crippen LogP contribution in [0.1, 0.15) is 24.5 Å². The Hall–Kier alpha value is -4.00. The zero-order chi connectivity index (χ0) is 26.9. The number of hydrogen-bond acceptors (Lipinski definition) is 4. The molecule has 0 radical (unpaired) electrons. The highest BCUT2D eigenvalue weighted by atomic mass is 35.5. The van der Waals surface area contributed by atoms with E-state index in [9.17, 15) is 14.4 Å². The molecule has 3 aliphatic heterocycles. The predicted molar refractivity (Wildman–Crippen MR) is 151 cm³/mol. The Morgan fingerprint density at radius 1 is 0.872 bits per heavy atom. The van der Waals surface area contributed by atoms with Crippen LogP contribution < -0.4 is 15.1 Å². The Labute approximate surface area is 231 Å². The number of para-hydroxylation sites is 1. The van der Waals surface area contributed by atoms with E-state index in [4.69, 9.17) is 11.6 Å². The van der Waals surface area contributed by atoms with Gasteiger partial charge in [0.2, 0.25) is 11.8 Å². The molecular formula is C32H26ClN3O3. The van der Waals surface area contributed by atoms with E-state index >= 15 is 0 Å². The highest BCUT2D eigenvalue weighted by molar-refractivity contribution is 6.31. The molecule has 6 nitrogen and oxygen atoms in total. The average molecular weight is 536 g/mol. The summed E-state index contributed by atoms with van der Waals surface area (Å²) in [5, 5.41) is 6.15. The molecule has 4 unspecified atom stereocenters. The first-order chi connectivity index (χ1) is 19.0. The maximum Gasteiger partial charge on any atom is 0.253 e. The van der Waals surface area contributed by atoms with Gasteiger partial charge >= 0.3 is 0 Å². The summed E-state index contributed by atoms with van der Waals surface area (Å²) in [7, 11) is 0. The lowest BCUT2D eigenvalue weighted by Crippen LogP contribution is -2.55. The van der Waals surface area contributed by atoms with Crippen LogP contribution in [0, 0.1) is 11.8 Å². The molecule has 7 rings (SSSR count). The molecule has 0 aromatic heterocycles. The third-order valence-electron chi connectivity index (χ3n) is 8.58. The van der Waals surface area contributed by atoms with E-state index in [2.05, 4.69) is 23.5 Å². The van der Waals surface area contributed by atoms with Crippen molar-refractivity contribution in [3.8, 4) is 0 Å². The second-order valence-corrected chi connectivity index (χ2v) is 10.9. The van der Waals surface area contributed by atoms with Gasteiger partial charge < -0.3 is 4.90 Å². The third-order valence-corrected chi connectivity index (χ3v) is 8.82. The smallest absolute Gasteiger partial charge is 0.253 e. The number of carbonyl (C=O) groups excluding carboxylic acids is 3. The van der Waals surface area contributed by atoms with Gasteiger partial charge in [-0.15, -0.1) is 0 Å². The lowest BCUT2D eigenvalue weighted by molar-refractivity contribution is -0.132. The van der Waals surface area contributed by atoms with Crippen LogP contribution in [0.15, 0.2) is 91.0 Å². The van der Waals surface area contributed by atoms with Gasteiger partial charge in [0.1, 0.15) is 5.54 Å². The molecule has 4 aromatic carbocycles. The fourth-order valence-electron chi connectivity index (χ4n) is 6.93. The number of halogens is 1. The van der Waals surface area contributed by atoms with Crippen LogP contribution in [0.4, 0.5) is 11.4 Å². The molecule has 1 spiro atoms. The van der Waals surface area contributed by atoms with Crippen LogP contribution in [0.25, 0.3) is 10.8 Å². The Kier molecular flexibility index (Phi) is 5.41. The molecule has 0 bridgehead atoms. The van der Waals surface area contributed by atoms with Gasteiger partial charge in [0.25, 0.3) is 5.91 Å². The molecule has 1 N–H and O–H groups in total. The second-order valence-electron chi connectivity index (χ2n) is 10.5. The summed E-state index contributed by atoms with van der Waals surface area (Å²) in [6.07, 6.45) is 0.601. The summed E-state index contributed by atoms with van der Waals surface area (Å²) in [6.45, 7) is 2.34. The fourth-order valence-corrected chi connectivity index (χ4v) is 7.11. The maximum atomic E-state index is 14.6. The van der Waals surface area contributed by atoms with Crippen molar-refractivity contribution in [2.24, 2.45) is 11.8 Å². The zero-order valence-electron chi connectivity index (χ0n) is 21.3. The largest absolute Gasteiger partial charge is 0.306 e. The molecule has 2 saturated heterocycles. The first-order valence-electron chi connectivity index (χ1n) is 13.2. The van der Waals surface area contributed by atoms with E-state index in [-0.39, 0.29) is 23.8 Å². The Balaban J connectivity index is 1.36. The minimum Gasteiger partial charge on any atom is -0.306 e. The van der Waals surface area contributed by atoms with E-state index in [1.807, 2.05) is 55.5 Å². The zero-order valence-corrected chi connectivity index (χ0v) is 22.1. The van der Waals surface area contributed by atoms with Gasteiger partial charge in [-0.1, -0.05) is 85.3 Å². The van der Waals surface area contributed by atoms with Gasteiger partial charge in [0.15, 0.2) is 0 Å². The van der Waals surface area contributed by atoms with Crippen LogP contribution in [0.2, 0.25) is 5.02 Å². The van der Waals surface area contributed by atoms with Gasteiger partial charge in [-0.25, -0.2) is 4.90 Å². The monoisotopic (exact) mass is 535 g/mol. The predicted octanol–water partition coefficient (Wildman–Crippen LogP) is 5.42. The molecule has 194 valence electrons. The highest BCUT2D eigenvalue weighted by Gasteiger charge is 2.71. The number of benzene rings is 4. The summed E-state index contributed by atoms with van der Waals surface area (Å²) in [6, 6.07) is 28.3. The number of rotatable bonds is 4. The van der Waals surface area contributed by atoms with E-state index in [1.54, 1.807) is 29.2 Å². The number of hydrogen-bond donors (Lipinski definition) is 1. The Morgan fingerprint density at radius 3 is 2.44 bits per heavy atom. The third kappa shape index (κ3) is 3.28. The number of amides is 3. The van der Waals surface area contributed by atoms with Crippen molar-refractivity contribution in [2.45, 2.75) is 31.5 Å². The molecule has 7 heteroatoms. The van der Waals surface area contributed by atoms with Gasteiger partial charge in [-0.3, -0.25) is 19.7 Å². The molecule has 4 aromatic rings. The summed E-state index contributed by atoms with van der Waals surface area (Å²) >= 11 is 6.22. The fraction of sp³-hybridized carbons (Fsp3) is 0.219. The number of nitrogens with one attached hydrogen (secondary N) is 1.